The van der Waals surface area contributed by atoms with Crippen molar-refractivity contribution < 1.29 is 24.2 Å². The molecule has 1 saturated heterocycles. The molecule has 7 heteroatoms. The van der Waals surface area contributed by atoms with Crippen molar-refractivity contribution in [2.24, 2.45) is 0 Å². The molecule has 180 valence electrons. The maximum absolute atomic E-state index is 13.4. The number of nitrogens with zero attached hydrogens (tertiary/aromatic N) is 2. The van der Waals surface area contributed by atoms with Gasteiger partial charge in [-0.3, -0.25) is 9.59 Å². The van der Waals surface area contributed by atoms with Crippen LogP contribution in [0, 0.1) is 0 Å². The van der Waals surface area contributed by atoms with Gasteiger partial charge >= 0.3 is 0 Å². The molecule has 34 heavy (non-hydrogen) atoms. The zero-order valence-corrected chi connectivity index (χ0v) is 20.2. The quantitative estimate of drug-likeness (QED) is 0.385. The Hall–Kier alpha value is -3.48. The summed E-state index contributed by atoms with van der Waals surface area (Å²) in [6, 6.07) is 12.2. The second-order valence-electron chi connectivity index (χ2n) is 9.02. The van der Waals surface area contributed by atoms with Crippen LogP contribution in [0.15, 0.2) is 48.0 Å². The predicted molar refractivity (Wildman–Crippen MR) is 131 cm³/mol. The molecule has 2 aromatic carbocycles. The van der Waals surface area contributed by atoms with E-state index in [4.69, 9.17) is 9.47 Å². The molecular weight excluding hydrogens is 432 g/mol. The number of benzene rings is 2. The predicted octanol–water partition coefficient (Wildman–Crippen LogP) is 4.52. The van der Waals surface area contributed by atoms with Crippen LogP contribution >= 0.6 is 0 Å². The SMILES string of the molecule is COc1cccc(OC)c1/C(O)=C1\C(=O)C(=O)N(C2CCCCC2)C1c1ccc(N(C)C)cc1. The number of likely N-dealkylation sites (tertiary alicyclic amines) is 1. The van der Waals surface area contributed by atoms with E-state index < -0.39 is 17.7 Å². The molecule has 7 nitrogen and oxygen atoms in total. The summed E-state index contributed by atoms with van der Waals surface area (Å²) in [5.74, 6) is -0.806. The summed E-state index contributed by atoms with van der Waals surface area (Å²) in [7, 11) is 6.89. The lowest BCUT2D eigenvalue weighted by atomic mass is 9.90. The van der Waals surface area contributed by atoms with Gasteiger partial charge in [0.1, 0.15) is 22.8 Å². The second kappa shape index (κ2) is 9.79. The molecule has 1 unspecified atom stereocenters. The fraction of sp³-hybridized carbons (Fsp3) is 0.407. The summed E-state index contributed by atoms with van der Waals surface area (Å²) in [6.45, 7) is 0. The van der Waals surface area contributed by atoms with Crippen molar-refractivity contribution in [1.29, 1.82) is 0 Å². The molecule has 1 aliphatic carbocycles. The molecular formula is C27H32N2O5. The van der Waals surface area contributed by atoms with Crippen LogP contribution in [0.3, 0.4) is 0 Å². The van der Waals surface area contributed by atoms with Crippen molar-refractivity contribution in [3.8, 4) is 11.5 Å². The van der Waals surface area contributed by atoms with Gasteiger partial charge in [0, 0.05) is 25.8 Å². The monoisotopic (exact) mass is 464 g/mol. The number of aliphatic hydroxyl groups excluding tert-OH is 1. The fourth-order valence-electron chi connectivity index (χ4n) is 5.09. The van der Waals surface area contributed by atoms with Crippen LogP contribution in [-0.4, -0.2) is 56.1 Å². The molecule has 1 amide bonds. The Labute approximate surface area is 200 Å². The van der Waals surface area contributed by atoms with Gasteiger partial charge in [0.05, 0.1) is 25.8 Å². The van der Waals surface area contributed by atoms with Crippen molar-refractivity contribution >= 4 is 23.1 Å². The van der Waals surface area contributed by atoms with Gasteiger partial charge in [-0.15, -0.1) is 0 Å². The molecule has 1 aliphatic heterocycles. The Kier molecular flexibility index (Phi) is 6.82. The minimum atomic E-state index is -0.686. The smallest absolute Gasteiger partial charge is 0.295 e. The largest absolute Gasteiger partial charge is 0.506 e. The molecule has 4 rings (SSSR count). The van der Waals surface area contributed by atoms with Crippen LogP contribution in [0.2, 0.25) is 0 Å². The molecule has 0 spiro atoms. The molecule has 1 N–H and O–H groups in total. The van der Waals surface area contributed by atoms with Crippen LogP contribution < -0.4 is 14.4 Å². The number of amides is 1. The van der Waals surface area contributed by atoms with E-state index in [0.717, 1.165) is 43.4 Å². The van der Waals surface area contributed by atoms with Gasteiger partial charge in [0.25, 0.3) is 11.7 Å². The van der Waals surface area contributed by atoms with Crippen LogP contribution in [0.4, 0.5) is 5.69 Å². The number of ether oxygens (including phenoxy) is 2. The van der Waals surface area contributed by atoms with Crippen molar-refractivity contribution in [3.05, 3.63) is 59.2 Å². The molecule has 2 aromatic rings. The minimum Gasteiger partial charge on any atom is -0.506 e. The maximum Gasteiger partial charge on any atom is 0.295 e. The summed E-state index contributed by atoms with van der Waals surface area (Å²) in [5.41, 5.74) is 2.12. The van der Waals surface area contributed by atoms with Crippen molar-refractivity contribution in [2.75, 3.05) is 33.2 Å². The highest BCUT2D eigenvalue weighted by molar-refractivity contribution is 6.46. The van der Waals surface area contributed by atoms with Gasteiger partial charge < -0.3 is 24.4 Å². The number of hydrogen-bond donors (Lipinski definition) is 1. The van der Waals surface area contributed by atoms with Crippen LogP contribution in [0.5, 0.6) is 11.5 Å². The Morgan fingerprint density at radius 3 is 2.06 bits per heavy atom. The number of carbonyl (C=O) groups excluding carboxylic acids is 2. The number of Topliss-reactive ketones (excluding diaryl/α,β-unsaturated/α-hetero) is 1. The van der Waals surface area contributed by atoms with E-state index in [1.807, 2.05) is 43.3 Å². The Bertz CT molecular complexity index is 1080. The number of anilines is 1. The third-order valence-electron chi connectivity index (χ3n) is 6.84. The second-order valence-corrected chi connectivity index (χ2v) is 9.02. The first-order chi connectivity index (χ1) is 16.4. The lowest BCUT2D eigenvalue weighted by molar-refractivity contribution is -0.141. The standard InChI is InChI=1S/C27H32N2O5/c1-28(2)18-15-13-17(14-16-18)24-23(25(30)22-20(33-3)11-8-12-21(22)34-4)26(31)27(32)29(24)19-9-6-5-7-10-19/h8,11-16,19,24,30H,5-7,9-10H2,1-4H3/b25-23+. The number of methoxy groups -OCH3 is 2. The average molecular weight is 465 g/mol. The molecule has 0 bridgehead atoms. The first-order valence-electron chi connectivity index (χ1n) is 11.7. The van der Waals surface area contributed by atoms with Gasteiger partial charge in [-0.1, -0.05) is 37.5 Å². The number of rotatable bonds is 6. The molecule has 0 radical (unpaired) electrons. The first kappa shape index (κ1) is 23.7. The van der Waals surface area contributed by atoms with Crippen molar-refractivity contribution in [2.45, 2.75) is 44.2 Å². The molecule has 1 atom stereocenters. The topological polar surface area (TPSA) is 79.3 Å². The van der Waals surface area contributed by atoms with E-state index >= 15 is 0 Å². The third-order valence-corrected chi connectivity index (χ3v) is 6.84. The fourth-order valence-corrected chi connectivity index (χ4v) is 5.09. The Morgan fingerprint density at radius 1 is 0.941 bits per heavy atom. The lowest BCUT2D eigenvalue weighted by Gasteiger charge is -2.35. The van der Waals surface area contributed by atoms with E-state index in [2.05, 4.69) is 0 Å². The summed E-state index contributed by atoms with van der Waals surface area (Å²) in [5, 5.41) is 11.5. The van der Waals surface area contributed by atoms with E-state index in [1.54, 1.807) is 23.1 Å². The van der Waals surface area contributed by atoms with Gasteiger partial charge in [-0.2, -0.15) is 0 Å². The summed E-state index contributed by atoms with van der Waals surface area (Å²) in [4.78, 5) is 30.5. The lowest BCUT2D eigenvalue weighted by Crippen LogP contribution is -2.40. The van der Waals surface area contributed by atoms with Gasteiger partial charge in [0.2, 0.25) is 0 Å². The molecule has 2 fully saturated rings. The van der Waals surface area contributed by atoms with Crippen molar-refractivity contribution in [3.63, 3.8) is 0 Å². The van der Waals surface area contributed by atoms with Gasteiger partial charge in [-0.25, -0.2) is 0 Å². The van der Waals surface area contributed by atoms with Gasteiger partial charge in [-0.05, 0) is 42.7 Å². The Morgan fingerprint density at radius 2 is 1.53 bits per heavy atom. The number of aliphatic hydroxyl groups is 1. The van der Waals surface area contributed by atoms with Crippen LogP contribution in [-0.2, 0) is 9.59 Å². The highest BCUT2D eigenvalue weighted by Crippen LogP contribution is 2.45. The summed E-state index contributed by atoms with van der Waals surface area (Å²) >= 11 is 0. The highest BCUT2D eigenvalue weighted by atomic mass is 16.5. The first-order valence-corrected chi connectivity index (χ1v) is 11.7. The van der Waals surface area contributed by atoms with Crippen LogP contribution in [0.25, 0.3) is 5.76 Å². The van der Waals surface area contributed by atoms with Crippen molar-refractivity contribution in [1.82, 2.24) is 4.90 Å². The summed E-state index contributed by atoms with van der Waals surface area (Å²) in [6.07, 6.45) is 4.84. The molecule has 1 saturated carbocycles. The normalized spacial score (nSPS) is 20.5. The average Bonchev–Trinajstić information content (AvgIpc) is 3.13. The Balaban J connectivity index is 1.92. The highest BCUT2D eigenvalue weighted by Gasteiger charge is 2.49. The minimum absolute atomic E-state index is 0.0476. The van der Waals surface area contributed by atoms with E-state index in [0.29, 0.717) is 11.5 Å². The molecule has 1 heterocycles. The van der Waals surface area contributed by atoms with E-state index in [-0.39, 0.29) is 22.9 Å². The number of hydrogen-bond acceptors (Lipinski definition) is 6. The van der Waals surface area contributed by atoms with Crippen LogP contribution in [0.1, 0.15) is 49.3 Å². The zero-order chi connectivity index (χ0) is 24.4. The van der Waals surface area contributed by atoms with E-state index in [9.17, 15) is 14.7 Å². The van der Waals surface area contributed by atoms with Gasteiger partial charge in [0.15, 0.2) is 0 Å². The molecule has 0 aromatic heterocycles. The third kappa shape index (κ3) is 4.11. The zero-order valence-electron chi connectivity index (χ0n) is 20.2. The maximum atomic E-state index is 13.4. The number of carbonyl (C=O) groups is 2. The van der Waals surface area contributed by atoms with E-state index in [1.165, 1.54) is 14.2 Å². The number of ketones is 1. The molecule has 2 aliphatic rings. The summed E-state index contributed by atoms with van der Waals surface area (Å²) < 4.78 is 10.9.